The van der Waals surface area contributed by atoms with Crippen LogP contribution in [0.5, 0.6) is 11.5 Å². The highest BCUT2D eigenvalue weighted by atomic mass is 16.5. The quantitative estimate of drug-likeness (QED) is 0.223. The first kappa shape index (κ1) is 24.6. The van der Waals surface area contributed by atoms with Crippen LogP contribution in [0.3, 0.4) is 0 Å². The van der Waals surface area contributed by atoms with Crippen LogP contribution >= 0.6 is 0 Å². The van der Waals surface area contributed by atoms with Crippen LogP contribution in [0.1, 0.15) is 59.3 Å². The number of aliphatic hydroxyl groups is 1. The first-order valence-electron chi connectivity index (χ1n) is 12.8. The molecule has 0 bridgehead atoms. The van der Waals surface area contributed by atoms with Crippen LogP contribution in [-0.4, -0.2) is 24.0 Å². The Labute approximate surface area is 218 Å². The second kappa shape index (κ2) is 10.5. The Morgan fingerprint density at radius 3 is 2.27 bits per heavy atom. The Hall–Kier alpha value is -4.09. The van der Waals surface area contributed by atoms with E-state index in [9.17, 15) is 9.90 Å². The molecule has 1 aliphatic rings. The minimum atomic E-state index is -0.0882. The van der Waals surface area contributed by atoms with Crippen molar-refractivity contribution >= 4 is 22.8 Å². The summed E-state index contributed by atoms with van der Waals surface area (Å²) in [5.41, 5.74) is 7.72. The number of rotatable bonds is 8. The molecule has 0 fully saturated rings. The molecule has 0 aliphatic carbocycles. The second-order valence-electron chi connectivity index (χ2n) is 9.30. The lowest BCUT2D eigenvalue weighted by molar-refractivity contribution is 0.101. The number of carbonyl (C=O) groups is 1. The van der Waals surface area contributed by atoms with Crippen LogP contribution in [-0.2, 0) is 6.61 Å². The number of benzene rings is 4. The predicted molar refractivity (Wildman–Crippen MR) is 150 cm³/mol. The molecule has 5 nitrogen and oxygen atoms in total. The third-order valence-electron chi connectivity index (χ3n) is 7.09. The zero-order valence-corrected chi connectivity index (χ0v) is 21.5. The van der Waals surface area contributed by atoms with Gasteiger partial charge in [-0.3, -0.25) is 4.79 Å². The molecule has 188 valence electrons. The van der Waals surface area contributed by atoms with E-state index in [2.05, 4.69) is 54.4 Å². The van der Waals surface area contributed by atoms with Gasteiger partial charge in [-0.15, -0.1) is 0 Å². The lowest BCUT2D eigenvalue weighted by Gasteiger charge is -2.32. The summed E-state index contributed by atoms with van der Waals surface area (Å²) in [6.45, 7) is 7.69. The predicted octanol–water partition coefficient (Wildman–Crippen LogP) is 7.26. The number of aliphatic hydroxyl groups excluding tert-OH is 1. The zero-order chi connectivity index (χ0) is 25.9. The summed E-state index contributed by atoms with van der Waals surface area (Å²) in [4.78, 5) is 13.9. The van der Waals surface area contributed by atoms with Crippen LogP contribution in [0.2, 0.25) is 0 Å². The van der Waals surface area contributed by atoms with Gasteiger partial charge >= 0.3 is 0 Å². The normalized spacial score (nSPS) is 13.8. The summed E-state index contributed by atoms with van der Waals surface area (Å²) in [6.07, 6.45) is 0. The average molecular weight is 493 g/mol. The molecule has 1 unspecified atom stereocenters. The molecule has 0 radical (unpaired) electrons. The number of hydrogen-bond acceptors (Lipinski definition) is 5. The van der Waals surface area contributed by atoms with Crippen molar-refractivity contribution in [3.8, 4) is 11.5 Å². The molecule has 4 aromatic rings. The lowest BCUT2D eigenvalue weighted by Crippen LogP contribution is -2.22. The number of nitrogens with zero attached hydrogens (tertiary/aromatic N) is 1. The average Bonchev–Trinajstić information content (AvgIpc) is 2.92. The van der Waals surface area contributed by atoms with Crippen LogP contribution in [0, 0.1) is 0 Å². The summed E-state index contributed by atoms with van der Waals surface area (Å²) in [5.74, 6) is 1.61. The van der Waals surface area contributed by atoms with Gasteiger partial charge in [0.1, 0.15) is 11.5 Å². The van der Waals surface area contributed by atoms with Crippen molar-refractivity contribution < 1.29 is 14.6 Å². The highest BCUT2D eigenvalue weighted by molar-refractivity contribution is 5.94. The lowest BCUT2D eigenvalue weighted by atomic mass is 9.80. The van der Waals surface area contributed by atoms with Gasteiger partial charge < -0.3 is 20.1 Å². The Bertz CT molecular complexity index is 1420. The maximum absolute atomic E-state index is 11.6. The molecule has 1 aliphatic heterocycles. The van der Waals surface area contributed by atoms with Crippen molar-refractivity contribution in [2.24, 2.45) is 0 Å². The molecule has 0 saturated heterocycles. The van der Waals surface area contributed by atoms with Crippen molar-refractivity contribution in [3.63, 3.8) is 0 Å². The molecule has 4 aromatic carbocycles. The largest absolute Gasteiger partial charge is 0.457 e. The Kier molecular flexibility index (Phi) is 6.97. The number of ketones is 1. The van der Waals surface area contributed by atoms with E-state index >= 15 is 0 Å². The SMILES string of the molecule is CCN(CC)c1ccc2c(c1)Oc1ccc(Nc3ccc(C(C)=O)cc3)cc1C2c1ccccc1CO. The fourth-order valence-electron chi connectivity index (χ4n) is 5.12. The number of Topliss-reactive ketones (excluding diaryl/α,β-unsaturated/α-hetero) is 1. The van der Waals surface area contributed by atoms with Gasteiger partial charge in [0.15, 0.2) is 5.78 Å². The third-order valence-corrected chi connectivity index (χ3v) is 7.09. The van der Waals surface area contributed by atoms with E-state index in [0.717, 1.165) is 63.9 Å². The summed E-state index contributed by atoms with van der Waals surface area (Å²) in [6, 6.07) is 28.1. The van der Waals surface area contributed by atoms with E-state index in [4.69, 9.17) is 4.74 Å². The van der Waals surface area contributed by atoms with Gasteiger partial charge in [-0.05, 0) is 80.4 Å². The molecule has 0 aromatic heterocycles. The van der Waals surface area contributed by atoms with Gasteiger partial charge in [-0.2, -0.15) is 0 Å². The van der Waals surface area contributed by atoms with Crippen molar-refractivity contribution in [2.45, 2.75) is 33.3 Å². The van der Waals surface area contributed by atoms with Crippen LogP contribution in [0.4, 0.5) is 17.1 Å². The summed E-state index contributed by atoms with van der Waals surface area (Å²) < 4.78 is 6.48. The van der Waals surface area contributed by atoms with E-state index in [1.165, 1.54) is 0 Å². The van der Waals surface area contributed by atoms with Crippen molar-refractivity contribution in [2.75, 3.05) is 23.3 Å². The molecule has 2 N–H and O–H groups in total. The zero-order valence-electron chi connectivity index (χ0n) is 21.5. The standard InChI is InChI=1S/C32H32N2O3/c1-4-34(5-2)26-15-16-28-31(19-26)37-30-17-14-25(33-24-12-10-22(11-13-24)21(3)36)18-29(30)32(28)27-9-7-6-8-23(27)20-35/h6-19,32-33,35H,4-5,20H2,1-3H3. The fourth-order valence-corrected chi connectivity index (χ4v) is 5.12. The van der Waals surface area contributed by atoms with E-state index < -0.39 is 0 Å². The van der Waals surface area contributed by atoms with Gasteiger partial charge in [0.2, 0.25) is 0 Å². The third kappa shape index (κ3) is 4.83. The van der Waals surface area contributed by atoms with Crippen molar-refractivity contribution in [1.29, 1.82) is 0 Å². The van der Waals surface area contributed by atoms with E-state index in [1.54, 1.807) is 6.92 Å². The van der Waals surface area contributed by atoms with Gasteiger partial charge in [-0.25, -0.2) is 0 Å². The second-order valence-corrected chi connectivity index (χ2v) is 9.30. The van der Waals surface area contributed by atoms with E-state index in [1.807, 2.05) is 54.6 Å². The number of hydrogen-bond donors (Lipinski definition) is 2. The number of fused-ring (bicyclic) bond motifs is 2. The summed E-state index contributed by atoms with van der Waals surface area (Å²) in [7, 11) is 0. The first-order chi connectivity index (χ1) is 18.0. The maximum Gasteiger partial charge on any atom is 0.159 e. The molecular weight excluding hydrogens is 460 g/mol. The Morgan fingerprint density at radius 1 is 0.838 bits per heavy atom. The van der Waals surface area contributed by atoms with Gasteiger partial charge in [-0.1, -0.05) is 30.3 Å². The summed E-state index contributed by atoms with van der Waals surface area (Å²) in [5, 5.41) is 13.6. The molecule has 5 rings (SSSR count). The minimum absolute atomic E-state index is 0.0316. The molecule has 0 saturated carbocycles. The summed E-state index contributed by atoms with van der Waals surface area (Å²) >= 11 is 0. The number of anilines is 3. The van der Waals surface area contributed by atoms with Crippen LogP contribution in [0.15, 0.2) is 84.9 Å². The van der Waals surface area contributed by atoms with Gasteiger partial charge in [0.25, 0.3) is 0 Å². The smallest absolute Gasteiger partial charge is 0.159 e. The Morgan fingerprint density at radius 2 is 1.57 bits per heavy atom. The highest BCUT2D eigenvalue weighted by Gasteiger charge is 2.31. The molecular formula is C32H32N2O3. The molecule has 0 spiro atoms. The number of carbonyl (C=O) groups excluding carboxylic acids is 1. The van der Waals surface area contributed by atoms with E-state index in [-0.39, 0.29) is 18.3 Å². The first-order valence-corrected chi connectivity index (χ1v) is 12.8. The molecule has 5 heteroatoms. The highest BCUT2D eigenvalue weighted by Crippen LogP contribution is 2.49. The molecule has 0 amide bonds. The molecule has 1 atom stereocenters. The molecule has 1 heterocycles. The van der Waals surface area contributed by atoms with E-state index in [0.29, 0.717) is 5.56 Å². The van der Waals surface area contributed by atoms with Crippen LogP contribution in [0.25, 0.3) is 0 Å². The topological polar surface area (TPSA) is 61.8 Å². The maximum atomic E-state index is 11.6. The minimum Gasteiger partial charge on any atom is -0.457 e. The molecule has 37 heavy (non-hydrogen) atoms. The Balaban J connectivity index is 1.59. The monoisotopic (exact) mass is 492 g/mol. The number of nitrogens with one attached hydrogen (secondary N) is 1. The van der Waals surface area contributed by atoms with Crippen molar-refractivity contribution in [1.82, 2.24) is 0 Å². The fraction of sp³-hybridized carbons (Fsp3) is 0.219. The van der Waals surface area contributed by atoms with Gasteiger partial charge in [0.05, 0.1) is 6.61 Å². The van der Waals surface area contributed by atoms with Crippen LogP contribution < -0.4 is 15.0 Å². The van der Waals surface area contributed by atoms with Gasteiger partial charge in [0, 0.05) is 58.8 Å². The number of ether oxygens (including phenoxy) is 1. The van der Waals surface area contributed by atoms with Crippen molar-refractivity contribution in [3.05, 3.63) is 113 Å².